The fourth-order valence-electron chi connectivity index (χ4n) is 2.94. The van der Waals surface area contributed by atoms with Crippen molar-refractivity contribution in [1.29, 1.82) is 0 Å². The molecule has 0 amide bonds. The molecule has 2 rings (SSSR count). The minimum atomic E-state index is -3.40. The summed E-state index contributed by atoms with van der Waals surface area (Å²) in [7, 11) is -3.40. The van der Waals surface area contributed by atoms with Crippen LogP contribution in [0.1, 0.15) is 39.0 Å². The Labute approximate surface area is 120 Å². The summed E-state index contributed by atoms with van der Waals surface area (Å²) in [5, 5.41) is 2.90. The molecule has 1 aliphatic carbocycles. The van der Waals surface area contributed by atoms with Crippen LogP contribution >= 0.6 is 0 Å². The average molecular weight is 299 g/mol. The second kappa shape index (κ2) is 6.68. The zero-order valence-electron chi connectivity index (χ0n) is 11.8. The molecular weight excluding hydrogens is 277 g/mol. The molecule has 0 aliphatic heterocycles. The van der Waals surface area contributed by atoms with Crippen LogP contribution in [0.15, 0.2) is 29.2 Å². The zero-order valence-corrected chi connectivity index (χ0v) is 12.6. The largest absolute Gasteiger partial charge is 0.313 e. The van der Waals surface area contributed by atoms with Crippen LogP contribution in [0.25, 0.3) is 0 Å². The number of halogens is 1. The second-order valence-corrected chi connectivity index (χ2v) is 7.51. The van der Waals surface area contributed by atoms with Crippen LogP contribution in [-0.4, -0.2) is 26.3 Å². The SMILES string of the molecule is CCNC1CCCCCC1S(=O)(=O)c1ccc(F)cc1. The Hall–Kier alpha value is -0.940. The van der Waals surface area contributed by atoms with E-state index in [9.17, 15) is 12.8 Å². The Kier molecular flexibility index (Phi) is 5.16. The molecule has 1 aromatic carbocycles. The lowest BCUT2D eigenvalue weighted by atomic mass is 10.1. The molecule has 1 fully saturated rings. The Morgan fingerprint density at radius 3 is 2.45 bits per heavy atom. The number of hydrogen-bond acceptors (Lipinski definition) is 3. The van der Waals surface area contributed by atoms with Gasteiger partial charge in [-0.25, -0.2) is 12.8 Å². The molecule has 112 valence electrons. The molecule has 1 saturated carbocycles. The normalized spacial score (nSPS) is 24.3. The number of nitrogens with one attached hydrogen (secondary N) is 1. The van der Waals surface area contributed by atoms with Gasteiger partial charge in [-0.05, 0) is 43.7 Å². The first-order valence-corrected chi connectivity index (χ1v) is 8.83. The van der Waals surface area contributed by atoms with Crippen LogP contribution in [0.3, 0.4) is 0 Å². The maximum Gasteiger partial charge on any atom is 0.182 e. The maximum atomic E-state index is 13.0. The standard InChI is InChI=1S/C15H22FNO2S/c1-2-17-14-6-4-3-5-7-15(14)20(18,19)13-10-8-12(16)9-11-13/h8-11,14-15,17H,2-7H2,1H3. The molecule has 0 bridgehead atoms. The fourth-order valence-corrected chi connectivity index (χ4v) is 4.95. The van der Waals surface area contributed by atoms with Crippen molar-refractivity contribution in [1.82, 2.24) is 5.32 Å². The summed E-state index contributed by atoms with van der Waals surface area (Å²) in [6.07, 6.45) is 4.65. The van der Waals surface area contributed by atoms with E-state index < -0.39 is 20.9 Å². The monoisotopic (exact) mass is 299 g/mol. The molecule has 1 aromatic rings. The van der Waals surface area contributed by atoms with Crippen LogP contribution in [0.5, 0.6) is 0 Å². The van der Waals surface area contributed by atoms with Crippen LogP contribution in [0.2, 0.25) is 0 Å². The predicted molar refractivity (Wildman–Crippen MR) is 77.9 cm³/mol. The van der Waals surface area contributed by atoms with Gasteiger partial charge in [0.05, 0.1) is 10.1 Å². The van der Waals surface area contributed by atoms with E-state index in [1.165, 1.54) is 24.3 Å². The van der Waals surface area contributed by atoms with Crippen molar-refractivity contribution in [2.45, 2.75) is 55.2 Å². The first-order valence-electron chi connectivity index (χ1n) is 7.28. The fraction of sp³-hybridized carbons (Fsp3) is 0.600. The number of sulfone groups is 1. The Morgan fingerprint density at radius 2 is 1.80 bits per heavy atom. The first-order chi connectivity index (χ1) is 9.55. The molecule has 0 spiro atoms. The van der Waals surface area contributed by atoms with Gasteiger partial charge in [0.2, 0.25) is 0 Å². The summed E-state index contributed by atoms with van der Waals surface area (Å²) in [6.45, 7) is 2.76. The average Bonchev–Trinajstić information content (AvgIpc) is 2.65. The molecule has 0 radical (unpaired) electrons. The van der Waals surface area contributed by atoms with Gasteiger partial charge in [0.25, 0.3) is 0 Å². The van der Waals surface area contributed by atoms with Crippen LogP contribution in [0.4, 0.5) is 4.39 Å². The van der Waals surface area contributed by atoms with E-state index >= 15 is 0 Å². The van der Waals surface area contributed by atoms with Crippen LogP contribution in [0, 0.1) is 5.82 Å². The van der Waals surface area contributed by atoms with E-state index in [-0.39, 0.29) is 10.9 Å². The topological polar surface area (TPSA) is 46.2 Å². The second-order valence-electron chi connectivity index (χ2n) is 5.34. The smallest absolute Gasteiger partial charge is 0.182 e. The Bertz CT molecular complexity index is 527. The first kappa shape index (κ1) is 15.4. The third-order valence-electron chi connectivity index (χ3n) is 3.96. The summed E-state index contributed by atoms with van der Waals surface area (Å²) in [5.41, 5.74) is 0. The van der Waals surface area contributed by atoms with Gasteiger partial charge in [-0.3, -0.25) is 0 Å². The van der Waals surface area contributed by atoms with Gasteiger partial charge < -0.3 is 5.32 Å². The third kappa shape index (κ3) is 3.38. The van der Waals surface area contributed by atoms with Crippen molar-refractivity contribution < 1.29 is 12.8 Å². The quantitative estimate of drug-likeness (QED) is 0.687. The summed E-state index contributed by atoms with van der Waals surface area (Å²) in [4.78, 5) is 0.230. The lowest BCUT2D eigenvalue weighted by molar-refractivity contribution is 0.460. The van der Waals surface area contributed by atoms with Crippen molar-refractivity contribution in [3.8, 4) is 0 Å². The molecule has 1 N–H and O–H groups in total. The Balaban J connectivity index is 2.31. The number of hydrogen-bond donors (Lipinski definition) is 1. The highest BCUT2D eigenvalue weighted by atomic mass is 32.2. The van der Waals surface area contributed by atoms with Crippen LogP contribution in [-0.2, 0) is 9.84 Å². The summed E-state index contributed by atoms with van der Waals surface area (Å²) in [5.74, 6) is -0.409. The minimum absolute atomic E-state index is 0.00227. The van der Waals surface area contributed by atoms with Gasteiger partial charge in [-0.15, -0.1) is 0 Å². The molecule has 0 aromatic heterocycles. The summed E-state index contributed by atoms with van der Waals surface area (Å²) >= 11 is 0. The van der Waals surface area contributed by atoms with E-state index in [4.69, 9.17) is 0 Å². The van der Waals surface area contributed by atoms with Gasteiger partial charge in [-0.2, -0.15) is 0 Å². The molecule has 0 heterocycles. The minimum Gasteiger partial charge on any atom is -0.313 e. The lowest BCUT2D eigenvalue weighted by Crippen LogP contribution is -2.43. The molecular formula is C15H22FNO2S. The lowest BCUT2D eigenvalue weighted by Gasteiger charge is -2.25. The molecule has 20 heavy (non-hydrogen) atoms. The van der Waals surface area contributed by atoms with Crippen molar-refractivity contribution in [2.75, 3.05) is 6.54 Å². The van der Waals surface area contributed by atoms with Gasteiger partial charge in [0, 0.05) is 6.04 Å². The third-order valence-corrected chi connectivity index (χ3v) is 6.25. The molecule has 0 saturated heterocycles. The molecule has 2 atom stereocenters. The van der Waals surface area contributed by atoms with Gasteiger partial charge in [-0.1, -0.05) is 26.2 Å². The predicted octanol–water partition coefficient (Wildman–Crippen LogP) is 2.91. The highest BCUT2D eigenvalue weighted by Crippen LogP contribution is 2.28. The highest BCUT2D eigenvalue weighted by molar-refractivity contribution is 7.92. The molecule has 3 nitrogen and oxygen atoms in total. The molecule has 5 heteroatoms. The Morgan fingerprint density at radius 1 is 1.15 bits per heavy atom. The van der Waals surface area contributed by atoms with E-state index in [0.717, 1.165) is 32.2 Å². The summed E-state index contributed by atoms with van der Waals surface area (Å²) < 4.78 is 38.5. The van der Waals surface area contributed by atoms with E-state index in [0.29, 0.717) is 6.42 Å². The molecule has 1 aliphatic rings. The van der Waals surface area contributed by atoms with Gasteiger partial charge in [0.15, 0.2) is 9.84 Å². The van der Waals surface area contributed by atoms with Crippen molar-refractivity contribution >= 4 is 9.84 Å². The zero-order chi connectivity index (χ0) is 14.6. The van der Waals surface area contributed by atoms with Crippen molar-refractivity contribution in [2.24, 2.45) is 0 Å². The van der Waals surface area contributed by atoms with Crippen LogP contribution < -0.4 is 5.32 Å². The van der Waals surface area contributed by atoms with E-state index in [1.54, 1.807) is 0 Å². The highest BCUT2D eigenvalue weighted by Gasteiger charge is 2.34. The molecule has 2 unspecified atom stereocenters. The number of benzene rings is 1. The van der Waals surface area contributed by atoms with Crippen molar-refractivity contribution in [3.63, 3.8) is 0 Å². The van der Waals surface area contributed by atoms with E-state index in [2.05, 4.69) is 5.32 Å². The van der Waals surface area contributed by atoms with Gasteiger partial charge >= 0.3 is 0 Å². The number of rotatable bonds is 4. The maximum absolute atomic E-state index is 13.0. The summed E-state index contributed by atoms with van der Waals surface area (Å²) in [6, 6.07) is 5.17. The van der Waals surface area contributed by atoms with Gasteiger partial charge in [0.1, 0.15) is 5.82 Å². The van der Waals surface area contributed by atoms with Crippen molar-refractivity contribution in [3.05, 3.63) is 30.1 Å². The van der Waals surface area contributed by atoms with E-state index in [1.807, 2.05) is 6.92 Å².